The summed E-state index contributed by atoms with van der Waals surface area (Å²) in [5, 5.41) is 4.74. The van der Waals surface area contributed by atoms with Crippen LogP contribution in [0, 0.1) is 5.82 Å². The van der Waals surface area contributed by atoms with Crippen LogP contribution in [-0.4, -0.2) is 53.9 Å². The van der Waals surface area contributed by atoms with Gasteiger partial charge in [-0.15, -0.1) is 0 Å². The van der Waals surface area contributed by atoms with Gasteiger partial charge in [-0.25, -0.2) is 19.0 Å². The number of hydrogen-bond acceptors (Lipinski definition) is 5. The minimum atomic E-state index is -0.493. The predicted molar refractivity (Wildman–Crippen MR) is 128 cm³/mol. The topological polar surface area (TPSA) is 74.2 Å². The first-order valence-electron chi connectivity index (χ1n) is 11.1. The number of halogens is 1. The molecule has 8 heteroatoms. The summed E-state index contributed by atoms with van der Waals surface area (Å²) in [4.78, 5) is 33.2. The van der Waals surface area contributed by atoms with Crippen LogP contribution in [0.5, 0.6) is 0 Å². The normalized spacial score (nSPS) is 17.5. The number of carbonyl (C=O) groups is 2. The minimum Gasteiger partial charge on any atom is -0.402 e. The van der Waals surface area contributed by atoms with Crippen molar-refractivity contribution in [2.45, 2.75) is 6.42 Å². The van der Waals surface area contributed by atoms with Gasteiger partial charge in [0.1, 0.15) is 5.82 Å². The lowest BCUT2D eigenvalue weighted by atomic mass is 10.0. The second-order valence-electron chi connectivity index (χ2n) is 8.16. The number of ether oxygens (including phenoxy) is 1. The molecule has 0 saturated carbocycles. The smallest absolute Gasteiger partial charge is 0.365 e. The van der Waals surface area contributed by atoms with Crippen LogP contribution in [0.15, 0.2) is 83.6 Å². The average molecular weight is 458 g/mol. The van der Waals surface area contributed by atoms with E-state index in [0.717, 1.165) is 22.8 Å². The third-order valence-corrected chi connectivity index (χ3v) is 5.84. The number of esters is 1. The molecule has 2 amide bonds. The fraction of sp³-hybridized carbons (Fsp3) is 0.192. The average Bonchev–Trinajstić information content (AvgIpc) is 3.03. The van der Waals surface area contributed by atoms with E-state index < -0.39 is 11.8 Å². The zero-order chi connectivity index (χ0) is 23.5. The van der Waals surface area contributed by atoms with E-state index in [1.165, 1.54) is 12.1 Å². The molecule has 2 aliphatic rings. The summed E-state index contributed by atoms with van der Waals surface area (Å²) in [5.41, 5.74) is 1.42. The molecule has 0 bridgehead atoms. The van der Waals surface area contributed by atoms with E-state index in [0.29, 0.717) is 37.8 Å². The SMILES string of the molecule is O=C1OC(c2cccc3ccccc23)=NC1=CN1CCCN(C(=O)Nc2cccc(F)c2)CC1. The largest absolute Gasteiger partial charge is 0.402 e. The van der Waals surface area contributed by atoms with Gasteiger partial charge in [0, 0.05) is 43.6 Å². The van der Waals surface area contributed by atoms with Crippen molar-refractivity contribution in [2.24, 2.45) is 4.99 Å². The maximum absolute atomic E-state index is 13.4. The molecule has 34 heavy (non-hydrogen) atoms. The summed E-state index contributed by atoms with van der Waals surface area (Å²) in [6.07, 6.45) is 2.42. The van der Waals surface area contributed by atoms with Gasteiger partial charge >= 0.3 is 12.0 Å². The number of fused-ring (bicyclic) bond motifs is 1. The van der Waals surface area contributed by atoms with Crippen LogP contribution >= 0.6 is 0 Å². The Morgan fingerprint density at radius 3 is 2.71 bits per heavy atom. The summed E-state index contributed by atoms with van der Waals surface area (Å²) < 4.78 is 18.9. The highest BCUT2D eigenvalue weighted by atomic mass is 19.1. The predicted octanol–water partition coefficient (Wildman–Crippen LogP) is 4.36. The number of cyclic esters (lactones) is 1. The molecule has 2 aliphatic heterocycles. The van der Waals surface area contributed by atoms with Crippen molar-refractivity contribution in [1.29, 1.82) is 0 Å². The van der Waals surface area contributed by atoms with Gasteiger partial charge in [-0.1, -0.05) is 42.5 Å². The fourth-order valence-electron chi connectivity index (χ4n) is 4.14. The zero-order valence-corrected chi connectivity index (χ0v) is 18.4. The molecule has 7 nitrogen and oxygen atoms in total. The molecule has 0 aromatic heterocycles. The lowest BCUT2D eigenvalue weighted by Crippen LogP contribution is -2.37. The molecule has 0 radical (unpaired) electrons. The molecule has 1 saturated heterocycles. The molecule has 5 rings (SSSR count). The Balaban J connectivity index is 1.28. The maximum Gasteiger partial charge on any atom is 0.365 e. The van der Waals surface area contributed by atoms with E-state index in [2.05, 4.69) is 10.3 Å². The molecular formula is C26H23FN4O3. The quantitative estimate of drug-likeness (QED) is 0.468. The molecule has 1 fully saturated rings. The summed E-state index contributed by atoms with van der Waals surface area (Å²) in [6.45, 7) is 2.21. The summed E-state index contributed by atoms with van der Waals surface area (Å²) in [5.74, 6) is -0.606. The molecule has 172 valence electrons. The van der Waals surface area contributed by atoms with Crippen molar-refractivity contribution in [2.75, 3.05) is 31.5 Å². The number of hydrogen-bond donors (Lipinski definition) is 1. The highest BCUT2D eigenvalue weighted by Crippen LogP contribution is 2.24. The van der Waals surface area contributed by atoms with E-state index in [1.807, 2.05) is 47.4 Å². The van der Waals surface area contributed by atoms with Crippen molar-refractivity contribution in [1.82, 2.24) is 9.80 Å². The van der Waals surface area contributed by atoms with Gasteiger partial charge in [0.15, 0.2) is 5.70 Å². The van der Waals surface area contributed by atoms with Crippen molar-refractivity contribution in [3.05, 3.63) is 90.0 Å². The number of nitrogens with one attached hydrogen (secondary N) is 1. The fourth-order valence-corrected chi connectivity index (χ4v) is 4.14. The molecule has 2 heterocycles. The molecule has 3 aromatic rings. The van der Waals surface area contributed by atoms with E-state index in [9.17, 15) is 14.0 Å². The number of benzene rings is 3. The van der Waals surface area contributed by atoms with Crippen molar-refractivity contribution in [3.8, 4) is 0 Å². The number of anilines is 1. The van der Waals surface area contributed by atoms with Crippen LogP contribution in [0.25, 0.3) is 10.8 Å². The lowest BCUT2D eigenvalue weighted by molar-refractivity contribution is -0.130. The number of carbonyl (C=O) groups excluding carboxylic acids is 2. The number of urea groups is 1. The molecule has 0 aliphatic carbocycles. The Labute approximate surface area is 196 Å². The Kier molecular flexibility index (Phi) is 5.95. The van der Waals surface area contributed by atoms with Crippen LogP contribution in [0.2, 0.25) is 0 Å². The number of rotatable bonds is 3. The highest BCUT2D eigenvalue weighted by molar-refractivity contribution is 6.16. The van der Waals surface area contributed by atoms with Crippen LogP contribution in [0.3, 0.4) is 0 Å². The Hall–Kier alpha value is -4.20. The molecule has 1 N–H and O–H groups in total. The second kappa shape index (κ2) is 9.35. The summed E-state index contributed by atoms with van der Waals surface area (Å²) in [6, 6.07) is 19.2. The molecule has 0 spiro atoms. The molecule has 0 unspecified atom stereocenters. The van der Waals surface area contributed by atoms with Crippen LogP contribution in [0.4, 0.5) is 14.9 Å². The van der Waals surface area contributed by atoms with Crippen molar-refractivity contribution < 1.29 is 18.7 Å². The standard InChI is InChI=1S/C26H23FN4O3/c27-19-8-4-9-20(16-19)28-26(33)31-13-5-12-30(14-15-31)17-23-25(32)34-24(29-23)22-11-3-7-18-6-1-2-10-21(18)22/h1-4,6-11,16-17H,5,12-15H2,(H,28,33). The summed E-state index contributed by atoms with van der Waals surface area (Å²) >= 11 is 0. The minimum absolute atomic E-state index is 0.237. The Morgan fingerprint density at radius 1 is 1.00 bits per heavy atom. The van der Waals surface area contributed by atoms with Crippen LogP contribution in [-0.2, 0) is 9.53 Å². The first kappa shape index (κ1) is 21.6. The van der Waals surface area contributed by atoms with Gasteiger partial charge < -0.3 is 19.9 Å². The summed E-state index contributed by atoms with van der Waals surface area (Å²) in [7, 11) is 0. The molecular weight excluding hydrogens is 435 g/mol. The number of aliphatic imine (C=N–C) groups is 1. The monoisotopic (exact) mass is 458 g/mol. The van der Waals surface area contributed by atoms with E-state index in [4.69, 9.17) is 4.74 Å². The van der Waals surface area contributed by atoms with Crippen molar-refractivity contribution >= 4 is 34.4 Å². The van der Waals surface area contributed by atoms with E-state index >= 15 is 0 Å². The van der Waals surface area contributed by atoms with Gasteiger partial charge in [-0.3, -0.25) is 0 Å². The number of nitrogens with zero attached hydrogens (tertiary/aromatic N) is 3. The van der Waals surface area contributed by atoms with Crippen molar-refractivity contribution in [3.63, 3.8) is 0 Å². The first-order valence-corrected chi connectivity index (χ1v) is 11.1. The zero-order valence-electron chi connectivity index (χ0n) is 18.4. The van der Waals surface area contributed by atoms with Gasteiger partial charge in [0.25, 0.3) is 0 Å². The van der Waals surface area contributed by atoms with Gasteiger partial charge in [0.05, 0.1) is 0 Å². The first-order chi connectivity index (χ1) is 16.6. The lowest BCUT2D eigenvalue weighted by Gasteiger charge is -2.21. The van der Waals surface area contributed by atoms with Crippen LogP contribution in [0.1, 0.15) is 12.0 Å². The molecule has 3 aromatic carbocycles. The third-order valence-electron chi connectivity index (χ3n) is 5.84. The molecule has 0 atom stereocenters. The third kappa shape index (κ3) is 4.61. The van der Waals surface area contributed by atoms with Gasteiger partial charge in [-0.2, -0.15) is 0 Å². The van der Waals surface area contributed by atoms with Gasteiger partial charge in [0.2, 0.25) is 5.90 Å². The number of amides is 2. The van der Waals surface area contributed by atoms with E-state index in [-0.39, 0.29) is 11.7 Å². The van der Waals surface area contributed by atoms with Gasteiger partial charge in [-0.05, 0) is 41.5 Å². The van der Waals surface area contributed by atoms with E-state index in [1.54, 1.807) is 23.2 Å². The maximum atomic E-state index is 13.4. The highest BCUT2D eigenvalue weighted by Gasteiger charge is 2.27. The van der Waals surface area contributed by atoms with Crippen LogP contribution < -0.4 is 5.32 Å². The Bertz CT molecular complexity index is 1310. The Morgan fingerprint density at radius 2 is 1.82 bits per heavy atom. The second-order valence-corrected chi connectivity index (χ2v) is 8.16.